The molecule has 105 heavy (non-hydrogen) atoms. The summed E-state index contributed by atoms with van der Waals surface area (Å²) in [7, 11) is 1.30. The van der Waals surface area contributed by atoms with E-state index in [1.165, 1.54) is 95.7 Å². The van der Waals surface area contributed by atoms with Crippen LogP contribution in [0.5, 0.6) is 0 Å². The van der Waals surface area contributed by atoms with E-state index in [0.717, 1.165) is 81.0 Å². The van der Waals surface area contributed by atoms with Crippen molar-refractivity contribution in [1.82, 2.24) is 0 Å². The number of esters is 2. The Hall–Kier alpha value is -1.11. The minimum Gasteiger partial charge on any atom is -0.469 e. The summed E-state index contributed by atoms with van der Waals surface area (Å²) in [4.78, 5) is 21.0. The molecule has 5 unspecified atom stereocenters. The third kappa shape index (κ3) is 152. The number of carbonyl (C=O) groups is 2. The van der Waals surface area contributed by atoms with E-state index in [9.17, 15) is 9.59 Å². The molecular weight excluding hydrogens is 1340 g/mol. The van der Waals surface area contributed by atoms with Crippen LogP contribution in [0.25, 0.3) is 0 Å². The first-order chi connectivity index (χ1) is 47.9. The van der Waals surface area contributed by atoms with Gasteiger partial charge in [0.2, 0.25) is 0 Å². The van der Waals surface area contributed by atoms with Crippen molar-refractivity contribution in [2.75, 3.05) is 78.1 Å². The highest BCUT2D eigenvalue weighted by Gasteiger charge is 2.19. The zero-order chi connectivity index (χ0) is 85.7. The summed E-state index contributed by atoms with van der Waals surface area (Å²) in [6.07, 6.45) is 23.5. The Bertz CT molecular complexity index is 1420. The van der Waals surface area contributed by atoms with Crippen LogP contribution in [0.3, 0.4) is 0 Å². The van der Waals surface area contributed by atoms with Gasteiger partial charge >= 0.3 is 11.9 Å². The number of methoxy groups -OCH3 is 1. The largest absolute Gasteiger partial charge is 0.469 e. The van der Waals surface area contributed by atoms with E-state index in [0.29, 0.717) is 67.5 Å². The van der Waals surface area contributed by atoms with Gasteiger partial charge in [0.25, 0.3) is 0 Å². The van der Waals surface area contributed by atoms with Crippen molar-refractivity contribution < 1.29 is 70.1 Å². The van der Waals surface area contributed by atoms with E-state index in [-0.39, 0.29) is 80.7 Å². The lowest BCUT2D eigenvalue weighted by Crippen LogP contribution is -2.24. The van der Waals surface area contributed by atoms with Gasteiger partial charge in [-0.25, -0.2) is 0 Å². The summed E-state index contributed by atoms with van der Waals surface area (Å²) in [5, 5.41) is 85.7. The van der Waals surface area contributed by atoms with Crippen molar-refractivity contribution in [3.63, 3.8) is 0 Å². The Balaban J connectivity index is -0.0000000637. The SMILES string of the molecule is C.CC(C)C(C)CO.CC(C)CC(C)CO.CC1CCC(O)CC1.CCC(C)(C)C.CCC(C)(C)CO.CCC(C)(CO)CO.CCC(C)C.CCC(C)C.CCC(C)CC.CCC(C)CO.CCC(O)CC.CCCC(C)(C)CC.CCCSCCC.CCOC(=O)C(C)CO.COC(=O)C(C)CO. The lowest BCUT2D eigenvalue weighted by molar-refractivity contribution is -0.148. The third-order valence-electron chi connectivity index (χ3n) is 18.1. The predicted molar refractivity (Wildman–Crippen MR) is 472 cm³/mol. The molecule has 1 fully saturated rings. The van der Waals surface area contributed by atoms with E-state index in [1.807, 2.05) is 55.4 Å². The fraction of sp³-hybridized carbons (Fsp3) is 0.978. The van der Waals surface area contributed by atoms with Crippen LogP contribution in [-0.4, -0.2) is 153 Å². The molecule has 0 saturated heterocycles. The highest BCUT2D eigenvalue weighted by atomic mass is 32.2. The maximum Gasteiger partial charge on any atom is 0.310 e. The maximum absolute atomic E-state index is 10.6. The molecule has 10 N–H and O–H groups in total. The molecule has 5 atom stereocenters. The van der Waals surface area contributed by atoms with Crippen LogP contribution < -0.4 is 0 Å². The van der Waals surface area contributed by atoms with E-state index in [4.69, 9.17) is 51.1 Å². The summed E-state index contributed by atoms with van der Waals surface area (Å²) in [5.74, 6) is 7.54. The van der Waals surface area contributed by atoms with Gasteiger partial charge in [-0.15, -0.1) is 0 Å². The molecule has 14 nitrogen and oxygen atoms in total. The van der Waals surface area contributed by atoms with Gasteiger partial charge in [0, 0.05) is 31.8 Å². The summed E-state index contributed by atoms with van der Waals surface area (Å²) in [5.41, 5.74) is 1.01. The van der Waals surface area contributed by atoms with E-state index in [2.05, 4.69) is 208 Å². The first-order valence-electron chi connectivity index (χ1n) is 42.0. The van der Waals surface area contributed by atoms with Gasteiger partial charge in [-0.3, -0.25) is 9.59 Å². The summed E-state index contributed by atoms with van der Waals surface area (Å²) in [6.45, 7) is 82.0. The second-order valence-corrected chi connectivity index (χ2v) is 34.5. The number of thioether (sulfide) groups is 1. The average Bonchev–Trinajstić information content (AvgIpc) is 0.965. The monoisotopic (exact) mass is 1540 g/mol. The molecule has 15 heteroatoms. The minimum atomic E-state index is -0.389. The number of aliphatic hydroxyl groups is 10. The Kier molecular flexibility index (Phi) is 136. The van der Waals surface area contributed by atoms with Gasteiger partial charge in [0.15, 0.2) is 0 Å². The molecule has 0 radical (unpaired) electrons. The zero-order valence-electron chi connectivity index (χ0n) is 77.9. The second kappa shape index (κ2) is 103. The number of carbonyl (C=O) groups excluding carboxylic acids is 2. The second-order valence-electron chi connectivity index (χ2n) is 33.3. The predicted octanol–water partition coefficient (Wildman–Crippen LogP) is 23.8. The number of hydrogen-bond acceptors (Lipinski definition) is 15. The van der Waals surface area contributed by atoms with E-state index < -0.39 is 0 Å². The average molecular weight is 1540 g/mol. The van der Waals surface area contributed by atoms with Crippen molar-refractivity contribution in [3.05, 3.63) is 0 Å². The molecule has 0 bridgehead atoms. The number of ether oxygens (including phenoxy) is 2. The van der Waals surface area contributed by atoms with Gasteiger partial charge in [-0.1, -0.05) is 301 Å². The molecule has 1 rings (SSSR count). The van der Waals surface area contributed by atoms with Crippen LogP contribution in [-0.2, 0) is 19.1 Å². The van der Waals surface area contributed by atoms with E-state index >= 15 is 0 Å². The fourth-order valence-corrected chi connectivity index (χ4v) is 6.08. The topological polar surface area (TPSA) is 255 Å². The number of aliphatic hydroxyl groups excluding tert-OH is 10. The van der Waals surface area contributed by atoms with Crippen molar-refractivity contribution in [1.29, 1.82) is 0 Å². The van der Waals surface area contributed by atoms with Crippen molar-refractivity contribution in [2.24, 2.45) is 86.8 Å². The van der Waals surface area contributed by atoms with Crippen molar-refractivity contribution in [2.45, 2.75) is 411 Å². The van der Waals surface area contributed by atoms with Gasteiger partial charge in [0.1, 0.15) is 0 Å². The number of hydrogen-bond donors (Lipinski definition) is 10. The molecular formula is C90H206O14S. The van der Waals surface area contributed by atoms with Crippen LogP contribution in [0.15, 0.2) is 0 Å². The van der Waals surface area contributed by atoms with Crippen molar-refractivity contribution in [3.8, 4) is 0 Å². The molecule has 1 saturated carbocycles. The van der Waals surface area contributed by atoms with Gasteiger partial charge in [0.05, 0.1) is 64.2 Å². The molecule has 1 aliphatic carbocycles. The quantitative estimate of drug-likeness (QED) is 0.0237. The summed E-state index contributed by atoms with van der Waals surface area (Å²) >= 11 is 2.05. The van der Waals surface area contributed by atoms with Crippen LogP contribution in [0.2, 0.25) is 0 Å². The van der Waals surface area contributed by atoms with E-state index in [1.54, 1.807) is 20.8 Å². The fourth-order valence-electron chi connectivity index (χ4n) is 5.30. The summed E-state index contributed by atoms with van der Waals surface area (Å²) < 4.78 is 8.90. The van der Waals surface area contributed by atoms with Crippen LogP contribution in [0.1, 0.15) is 399 Å². The summed E-state index contributed by atoms with van der Waals surface area (Å²) in [6, 6.07) is 0. The number of rotatable bonds is 30. The molecule has 0 amide bonds. The van der Waals surface area contributed by atoms with Crippen LogP contribution in [0.4, 0.5) is 0 Å². The first kappa shape index (κ1) is 139. The van der Waals surface area contributed by atoms with Crippen LogP contribution >= 0.6 is 11.8 Å². The smallest absolute Gasteiger partial charge is 0.310 e. The third-order valence-corrected chi connectivity index (χ3v) is 19.5. The van der Waals surface area contributed by atoms with Crippen LogP contribution in [0, 0.1) is 86.8 Å². The Morgan fingerprint density at radius 2 is 0.790 bits per heavy atom. The zero-order valence-corrected chi connectivity index (χ0v) is 78.8. The Labute approximate surface area is 666 Å². The Morgan fingerprint density at radius 1 is 0.438 bits per heavy atom. The molecule has 0 aliphatic heterocycles. The van der Waals surface area contributed by atoms with Gasteiger partial charge < -0.3 is 60.5 Å². The highest BCUT2D eigenvalue weighted by molar-refractivity contribution is 7.99. The molecule has 0 spiro atoms. The standard InChI is InChI=1S/C8H18.C7H14O.C7H16O.C6H12O3.C6H14O2.2C6H14O.C6H14S.2C6H14.C5H10O3.2C5H12O.2C5H12.CH4/c1-5-7-8(3,4)6-2;1-6-2-4-7(8)5-3-6;1-6(2)4-7(3)5-8;1-3-9-6(8)5(2)4-7;1-3-6(2,4-7)5-8;1-5(2)6(3)4-7;1-4-6(2,3)5-7;1-3-5-7-6-4-2;1-5-6(2,3)4;1-4-6(3)5-2;1-4(3-6)5(7)8-2;1-3-5(2)4-6;1-3-5(6)4-2;2*1-4-5(2)3;/h5-7H2,1-4H3;6-8H,2-5H2,1H3;6-8H,4-5H2,1-3H3;5,7H,3-4H2,1-2H3;7-8H,3-5H2,1-2H3;5-7H,4H2,1-3H3;7H,4-5H2,1-3H3;3-6H2,1-2H3;5H2,1-4H3;6H,4-5H2,1-3H3;4,6H,3H2,1-2H3;2*5-6H,3-4H2,1-2H3;2*5H,4H2,1-3H3;1H4. The van der Waals surface area contributed by atoms with Crippen molar-refractivity contribution >= 4 is 23.7 Å². The Morgan fingerprint density at radius 3 is 0.895 bits per heavy atom. The lowest BCUT2D eigenvalue weighted by Gasteiger charge is -2.21. The minimum absolute atomic E-state index is 0. The molecule has 0 aromatic carbocycles. The van der Waals surface area contributed by atoms with Gasteiger partial charge in [-0.05, 0) is 179 Å². The normalized spacial score (nSPS) is 14.0. The lowest BCUT2D eigenvalue weighted by atomic mass is 9.86. The maximum atomic E-state index is 10.6. The molecule has 1 aliphatic rings. The molecule has 0 heterocycles. The van der Waals surface area contributed by atoms with Gasteiger partial charge in [-0.2, -0.15) is 11.8 Å². The molecule has 0 aromatic heterocycles. The molecule has 0 aromatic rings. The highest BCUT2D eigenvalue weighted by Crippen LogP contribution is 2.26. The molecule has 656 valence electrons. The first-order valence-corrected chi connectivity index (χ1v) is 43.1.